The van der Waals surface area contributed by atoms with Gasteiger partial charge in [0.15, 0.2) is 0 Å². The Balaban J connectivity index is 2.56. The molecular weight excluding hydrogens is 296 g/mol. The molecule has 0 bridgehead atoms. The van der Waals surface area contributed by atoms with Crippen LogP contribution >= 0.6 is 15.9 Å². The molecule has 7 heteroatoms. The van der Waals surface area contributed by atoms with Crippen molar-refractivity contribution < 1.29 is 13.6 Å². The molecule has 17 heavy (non-hydrogen) atoms. The summed E-state index contributed by atoms with van der Waals surface area (Å²) in [5, 5.41) is 5.94. The molecule has 0 aliphatic heterocycles. The number of nitrogens with one attached hydrogen (secondary N) is 1. The fourth-order valence-electron chi connectivity index (χ4n) is 1.36. The van der Waals surface area contributed by atoms with Gasteiger partial charge in [-0.25, -0.2) is 8.78 Å². The lowest BCUT2D eigenvalue weighted by atomic mass is 10.1. The second-order valence-corrected chi connectivity index (χ2v) is 4.19. The first-order valence-corrected chi connectivity index (χ1v) is 5.28. The number of aromatic amines is 1. The molecule has 0 fully saturated rings. The van der Waals surface area contributed by atoms with Crippen molar-refractivity contribution in [3.8, 4) is 11.3 Å². The van der Waals surface area contributed by atoms with Crippen LogP contribution in [0.4, 0.5) is 8.78 Å². The summed E-state index contributed by atoms with van der Waals surface area (Å²) in [5.74, 6) is -2.31. The molecule has 0 aliphatic carbocycles. The van der Waals surface area contributed by atoms with Gasteiger partial charge in [0.05, 0.1) is 11.3 Å². The number of nitrogens with zero attached hydrogens (tertiary/aromatic N) is 1. The lowest BCUT2D eigenvalue weighted by Gasteiger charge is -2.01. The number of amides is 1. The third-order valence-electron chi connectivity index (χ3n) is 2.11. The maximum atomic E-state index is 13.6. The second-order valence-electron chi connectivity index (χ2n) is 3.28. The van der Waals surface area contributed by atoms with Crippen LogP contribution in [-0.4, -0.2) is 16.1 Å². The van der Waals surface area contributed by atoms with E-state index in [1.807, 2.05) is 0 Å². The number of carbonyl (C=O) groups excluding carboxylic acids is 1. The van der Waals surface area contributed by atoms with E-state index in [9.17, 15) is 13.6 Å². The highest BCUT2D eigenvalue weighted by Gasteiger charge is 2.16. The average Bonchev–Trinajstić information content (AvgIpc) is 2.65. The van der Waals surface area contributed by atoms with Crippen molar-refractivity contribution in [2.24, 2.45) is 5.73 Å². The topological polar surface area (TPSA) is 71.8 Å². The van der Waals surface area contributed by atoms with Gasteiger partial charge in [0, 0.05) is 4.47 Å². The zero-order chi connectivity index (χ0) is 12.6. The van der Waals surface area contributed by atoms with E-state index in [2.05, 4.69) is 26.1 Å². The van der Waals surface area contributed by atoms with E-state index in [0.717, 1.165) is 12.1 Å². The smallest absolute Gasteiger partial charge is 0.266 e. The largest absolute Gasteiger partial charge is 0.364 e. The van der Waals surface area contributed by atoms with Crippen molar-refractivity contribution in [1.82, 2.24) is 10.2 Å². The zero-order valence-electron chi connectivity index (χ0n) is 8.30. The number of primary amides is 1. The highest BCUT2D eigenvalue weighted by atomic mass is 79.9. The summed E-state index contributed by atoms with van der Waals surface area (Å²) >= 11 is 2.97. The van der Waals surface area contributed by atoms with Crippen LogP contribution in [0, 0.1) is 11.6 Å². The summed E-state index contributed by atoms with van der Waals surface area (Å²) in [6.45, 7) is 0. The second kappa shape index (κ2) is 4.25. The van der Waals surface area contributed by atoms with Gasteiger partial charge in [-0.05, 0) is 18.2 Å². The van der Waals surface area contributed by atoms with Crippen LogP contribution in [0.25, 0.3) is 11.3 Å². The Bertz CT molecular complexity index is 574. The molecule has 1 amide bonds. The summed E-state index contributed by atoms with van der Waals surface area (Å²) in [6, 6.07) is 3.41. The molecule has 0 unspecified atom stereocenters. The fraction of sp³-hybridized carbons (Fsp3) is 0. The predicted molar refractivity (Wildman–Crippen MR) is 60.2 cm³/mol. The molecule has 1 aromatic heterocycles. The normalized spacial score (nSPS) is 10.5. The predicted octanol–water partition coefficient (Wildman–Crippen LogP) is 2.22. The van der Waals surface area contributed by atoms with Gasteiger partial charge in [-0.2, -0.15) is 5.10 Å². The Morgan fingerprint density at radius 1 is 1.29 bits per heavy atom. The molecule has 1 heterocycles. The first-order chi connectivity index (χ1) is 7.99. The molecule has 0 radical (unpaired) electrons. The average molecular weight is 302 g/mol. The number of H-pyrrole nitrogens is 1. The summed E-state index contributed by atoms with van der Waals surface area (Å²) in [5.41, 5.74) is 4.67. The van der Waals surface area contributed by atoms with Gasteiger partial charge < -0.3 is 5.73 Å². The molecule has 2 rings (SSSR count). The Labute approximate surface area is 103 Å². The Morgan fingerprint density at radius 3 is 2.35 bits per heavy atom. The van der Waals surface area contributed by atoms with E-state index in [1.165, 1.54) is 6.07 Å². The van der Waals surface area contributed by atoms with E-state index in [-0.39, 0.29) is 21.4 Å². The van der Waals surface area contributed by atoms with Crippen molar-refractivity contribution in [2.45, 2.75) is 0 Å². The molecule has 88 valence electrons. The van der Waals surface area contributed by atoms with Gasteiger partial charge in [-0.1, -0.05) is 15.9 Å². The minimum absolute atomic E-state index is 0.0123. The Morgan fingerprint density at radius 2 is 1.88 bits per heavy atom. The number of hydrogen-bond acceptors (Lipinski definition) is 2. The highest BCUT2D eigenvalue weighted by molar-refractivity contribution is 9.10. The van der Waals surface area contributed by atoms with E-state index >= 15 is 0 Å². The highest BCUT2D eigenvalue weighted by Crippen LogP contribution is 2.27. The summed E-state index contributed by atoms with van der Waals surface area (Å²) in [6.07, 6.45) is 0. The third-order valence-corrected chi connectivity index (χ3v) is 2.56. The number of aromatic nitrogens is 2. The molecule has 0 saturated heterocycles. The van der Waals surface area contributed by atoms with Gasteiger partial charge >= 0.3 is 0 Å². The minimum atomic E-state index is -0.778. The zero-order valence-corrected chi connectivity index (χ0v) is 9.88. The van der Waals surface area contributed by atoms with E-state index in [1.54, 1.807) is 0 Å². The number of nitrogens with two attached hydrogens (primary N) is 1. The standard InChI is InChI=1S/C10H6BrF2N3O/c11-4-1-5(12)9(6(13)2-4)7-3-8(10(14)17)16-15-7/h1-3H,(H2,14,17)(H,15,16). The monoisotopic (exact) mass is 301 g/mol. The van der Waals surface area contributed by atoms with Gasteiger partial charge in [-0.3, -0.25) is 9.89 Å². The van der Waals surface area contributed by atoms with Crippen molar-refractivity contribution in [3.63, 3.8) is 0 Å². The number of hydrogen-bond donors (Lipinski definition) is 2. The molecule has 0 atom stereocenters. The molecule has 2 aromatic rings. The Kier molecular flexibility index (Phi) is 2.93. The SMILES string of the molecule is NC(=O)c1cc(-c2c(F)cc(Br)cc2F)n[nH]1. The number of carbonyl (C=O) groups is 1. The van der Waals surface area contributed by atoms with Gasteiger partial charge in [-0.15, -0.1) is 0 Å². The van der Waals surface area contributed by atoms with Crippen LogP contribution in [-0.2, 0) is 0 Å². The number of benzene rings is 1. The molecule has 1 aromatic carbocycles. The summed E-state index contributed by atoms with van der Waals surface area (Å²) < 4.78 is 27.4. The van der Waals surface area contributed by atoms with E-state index in [4.69, 9.17) is 5.73 Å². The van der Waals surface area contributed by atoms with Crippen molar-refractivity contribution in [2.75, 3.05) is 0 Å². The molecule has 4 nitrogen and oxygen atoms in total. The molecular formula is C10H6BrF2N3O. The quantitative estimate of drug-likeness (QED) is 0.893. The maximum Gasteiger partial charge on any atom is 0.266 e. The van der Waals surface area contributed by atoms with E-state index in [0.29, 0.717) is 0 Å². The Hall–Kier alpha value is -1.76. The van der Waals surface area contributed by atoms with Crippen molar-refractivity contribution >= 4 is 21.8 Å². The van der Waals surface area contributed by atoms with Gasteiger partial charge in [0.1, 0.15) is 17.3 Å². The third kappa shape index (κ3) is 2.19. The molecule has 3 N–H and O–H groups in total. The van der Waals surface area contributed by atoms with Crippen LogP contribution in [0.3, 0.4) is 0 Å². The first kappa shape index (κ1) is 11.7. The van der Waals surface area contributed by atoms with Crippen LogP contribution in [0.15, 0.2) is 22.7 Å². The molecule has 0 saturated carbocycles. The van der Waals surface area contributed by atoms with Gasteiger partial charge in [0.2, 0.25) is 0 Å². The number of halogens is 3. The lowest BCUT2D eigenvalue weighted by molar-refractivity contribution is 0.0995. The summed E-state index contributed by atoms with van der Waals surface area (Å²) in [7, 11) is 0. The minimum Gasteiger partial charge on any atom is -0.364 e. The van der Waals surface area contributed by atoms with Crippen molar-refractivity contribution in [3.05, 3.63) is 40.0 Å². The van der Waals surface area contributed by atoms with Crippen LogP contribution < -0.4 is 5.73 Å². The summed E-state index contributed by atoms with van der Waals surface area (Å²) in [4.78, 5) is 10.8. The molecule has 0 spiro atoms. The fourth-order valence-corrected chi connectivity index (χ4v) is 1.76. The van der Waals surface area contributed by atoms with E-state index < -0.39 is 17.5 Å². The van der Waals surface area contributed by atoms with Crippen LogP contribution in [0.5, 0.6) is 0 Å². The number of rotatable bonds is 2. The lowest BCUT2D eigenvalue weighted by Crippen LogP contribution is -2.10. The van der Waals surface area contributed by atoms with Crippen LogP contribution in [0.2, 0.25) is 0 Å². The van der Waals surface area contributed by atoms with Crippen molar-refractivity contribution in [1.29, 1.82) is 0 Å². The van der Waals surface area contributed by atoms with Crippen LogP contribution in [0.1, 0.15) is 10.5 Å². The van der Waals surface area contributed by atoms with Gasteiger partial charge in [0.25, 0.3) is 5.91 Å². The molecule has 0 aliphatic rings. The maximum absolute atomic E-state index is 13.6. The first-order valence-electron chi connectivity index (χ1n) is 4.49.